The number of rotatable bonds is 11. The number of nitrogens with zero attached hydrogens (tertiary/aromatic N) is 8. The third-order valence-electron chi connectivity index (χ3n) is 10.6. The van der Waals surface area contributed by atoms with E-state index in [9.17, 15) is 41.0 Å². The number of halogens is 6. The van der Waals surface area contributed by atoms with Crippen LogP contribution < -0.4 is 39.4 Å². The van der Waals surface area contributed by atoms with E-state index in [1.807, 2.05) is 13.8 Å². The van der Waals surface area contributed by atoms with Crippen LogP contribution in [0.2, 0.25) is 0 Å². The number of carbonyl (C=O) groups excluding carboxylic acids is 2. The third-order valence-corrected chi connectivity index (χ3v) is 10.6. The van der Waals surface area contributed by atoms with Crippen LogP contribution >= 0.6 is 0 Å². The molecule has 2 unspecified atom stereocenters. The summed E-state index contributed by atoms with van der Waals surface area (Å²) in [5.41, 5.74) is -0.631. The molecule has 7 heterocycles. The maximum absolute atomic E-state index is 13.2. The summed E-state index contributed by atoms with van der Waals surface area (Å²) in [5.74, 6) is 0.631. The molecule has 1 saturated heterocycles. The number of nitrogens with one attached hydrogen (secondary N) is 2. The van der Waals surface area contributed by atoms with Crippen molar-refractivity contribution in [3.8, 4) is 45.8 Å². The minimum absolute atomic E-state index is 0.0163. The number of amides is 4. The molecule has 4 aromatic heterocycles. The molecular formula is C47H44F6N10O10. The SMILES string of the molecule is CC1(C)OCC(COc2cncc(NC(=O)N3CCOc4ccc(-c5cccc(C(F)(F)F)c5)nc43)n2)O1.O=C(Nc1cncc(OCC(O)CO)n1)N1CCOc2ccc(-c3cccc(C(F)(F)F)c3)nc21. The summed E-state index contributed by atoms with van der Waals surface area (Å²) in [5, 5.41) is 23.5. The number of ether oxygens (including phenoxy) is 6. The van der Waals surface area contributed by atoms with E-state index in [0.717, 1.165) is 24.3 Å². The number of urea groups is 2. The van der Waals surface area contributed by atoms with Gasteiger partial charge in [0.1, 0.15) is 38.6 Å². The zero-order chi connectivity index (χ0) is 51.9. The van der Waals surface area contributed by atoms with Crippen LogP contribution in [0.1, 0.15) is 25.0 Å². The topological polar surface area (TPSA) is 238 Å². The molecule has 26 heteroatoms. The van der Waals surface area contributed by atoms with E-state index in [-0.39, 0.29) is 103 Å². The van der Waals surface area contributed by atoms with Gasteiger partial charge in [-0.2, -0.15) is 36.3 Å². The van der Waals surface area contributed by atoms with Gasteiger partial charge in [0.25, 0.3) is 0 Å². The second-order valence-corrected chi connectivity index (χ2v) is 16.4. The highest BCUT2D eigenvalue weighted by atomic mass is 19.4. The molecule has 1 fully saturated rings. The Kier molecular flexibility index (Phi) is 15.4. The van der Waals surface area contributed by atoms with Crippen molar-refractivity contribution >= 4 is 35.3 Å². The number of hydrogen-bond acceptors (Lipinski definition) is 16. The van der Waals surface area contributed by atoms with E-state index in [4.69, 9.17) is 33.5 Å². The second-order valence-electron chi connectivity index (χ2n) is 16.4. The Labute approximate surface area is 410 Å². The molecule has 3 aliphatic heterocycles. The zero-order valence-electron chi connectivity index (χ0n) is 38.6. The monoisotopic (exact) mass is 1020 g/mol. The molecule has 6 aromatic rings. The van der Waals surface area contributed by atoms with Crippen molar-refractivity contribution < 1.29 is 74.6 Å². The number of aromatic nitrogens is 6. The number of anilines is 4. The van der Waals surface area contributed by atoms with Gasteiger partial charge in [0.15, 0.2) is 40.6 Å². The van der Waals surface area contributed by atoms with Crippen molar-refractivity contribution in [2.45, 2.75) is 44.2 Å². The Hall–Kier alpha value is -7.94. The Bertz CT molecular complexity index is 2940. The van der Waals surface area contributed by atoms with Crippen LogP contribution in [0.25, 0.3) is 22.5 Å². The molecule has 0 spiro atoms. The summed E-state index contributed by atoms with van der Waals surface area (Å²) in [7, 11) is 0. The van der Waals surface area contributed by atoms with Crippen LogP contribution in [0.4, 0.5) is 59.2 Å². The molecule has 4 amide bonds. The Morgan fingerprint density at radius 3 is 1.67 bits per heavy atom. The molecule has 9 rings (SSSR count). The fraction of sp³-hybridized carbons (Fsp3) is 0.319. The lowest BCUT2D eigenvalue weighted by Gasteiger charge is -2.28. The summed E-state index contributed by atoms with van der Waals surface area (Å²) < 4.78 is 112. The fourth-order valence-corrected chi connectivity index (χ4v) is 7.18. The highest BCUT2D eigenvalue weighted by molar-refractivity contribution is 6.02. The smallest absolute Gasteiger partial charge is 0.416 e. The van der Waals surface area contributed by atoms with Gasteiger partial charge < -0.3 is 38.6 Å². The van der Waals surface area contributed by atoms with Gasteiger partial charge in [-0.1, -0.05) is 24.3 Å². The first-order chi connectivity index (χ1) is 34.8. The number of carbonyl (C=O) groups is 2. The van der Waals surface area contributed by atoms with Gasteiger partial charge in [-0.15, -0.1) is 0 Å². The van der Waals surface area contributed by atoms with Gasteiger partial charge in [-0.3, -0.25) is 30.4 Å². The van der Waals surface area contributed by atoms with Gasteiger partial charge in [0, 0.05) is 11.1 Å². The molecular weight excluding hydrogens is 979 g/mol. The summed E-state index contributed by atoms with van der Waals surface area (Å²) in [6.45, 7) is 4.15. The maximum Gasteiger partial charge on any atom is 0.416 e. The number of benzene rings is 2. The fourth-order valence-electron chi connectivity index (χ4n) is 7.18. The van der Waals surface area contributed by atoms with E-state index >= 15 is 0 Å². The standard InChI is InChI=1S/C25H24F3N5O5.C22H20F3N5O5/c1-24(2)37-14-17(38-24)13-36-21-12-29-11-20(31-21)32-23(34)33-8-9-35-19-7-6-18(30-22(19)33)15-4-3-5-16(10-15)25(26,27)28;23-22(24,25)14-3-1-2-13(8-14)16-4-5-17-20(27-16)30(6-7-34-17)21(33)29-18-9-26-10-19(28-18)35-12-15(32)11-31/h3-7,10-12,17H,8-9,13-14H2,1-2H3,(H,31,32,34);1-5,8-10,15,31-32H,6-7,11-12H2,(H,28,29,33). The van der Waals surface area contributed by atoms with E-state index in [2.05, 4.69) is 40.5 Å². The van der Waals surface area contributed by atoms with Crippen molar-refractivity contribution in [1.82, 2.24) is 29.9 Å². The number of aliphatic hydroxyl groups is 2. The lowest BCUT2D eigenvalue weighted by Crippen LogP contribution is -2.41. The number of aliphatic hydroxyl groups excluding tert-OH is 2. The predicted octanol–water partition coefficient (Wildman–Crippen LogP) is 7.24. The van der Waals surface area contributed by atoms with Crippen LogP contribution in [-0.2, 0) is 21.8 Å². The Morgan fingerprint density at radius 1 is 0.726 bits per heavy atom. The number of pyridine rings is 2. The molecule has 2 atom stereocenters. The molecule has 384 valence electrons. The van der Waals surface area contributed by atoms with Crippen molar-refractivity contribution in [3.05, 3.63) is 109 Å². The molecule has 2 aromatic carbocycles. The van der Waals surface area contributed by atoms with E-state index in [1.165, 1.54) is 71.0 Å². The molecule has 20 nitrogen and oxygen atoms in total. The van der Waals surface area contributed by atoms with E-state index in [0.29, 0.717) is 18.1 Å². The first-order valence-electron chi connectivity index (χ1n) is 22.1. The molecule has 0 bridgehead atoms. The van der Waals surface area contributed by atoms with Gasteiger partial charge in [-0.05, 0) is 62.4 Å². The van der Waals surface area contributed by atoms with E-state index < -0.39 is 54.0 Å². The largest absolute Gasteiger partial charge is 0.488 e. The summed E-state index contributed by atoms with van der Waals surface area (Å²) in [6, 6.07) is 14.5. The molecule has 3 aliphatic rings. The summed E-state index contributed by atoms with van der Waals surface area (Å²) >= 11 is 0. The molecule has 0 saturated carbocycles. The van der Waals surface area contributed by atoms with Crippen molar-refractivity contribution in [3.63, 3.8) is 0 Å². The number of hydrogen-bond donors (Lipinski definition) is 4. The van der Waals surface area contributed by atoms with Gasteiger partial charge in [0.2, 0.25) is 11.8 Å². The van der Waals surface area contributed by atoms with Crippen molar-refractivity contribution in [1.29, 1.82) is 0 Å². The third kappa shape index (κ3) is 13.1. The predicted molar refractivity (Wildman–Crippen MR) is 246 cm³/mol. The van der Waals surface area contributed by atoms with E-state index in [1.54, 1.807) is 12.1 Å². The first-order valence-corrected chi connectivity index (χ1v) is 22.1. The molecule has 4 N–H and O–H groups in total. The number of alkyl halides is 6. The minimum Gasteiger partial charge on any atom is -0.488 e. The highest BCUT2D eigenvalue weighted by Gasteiger charge is 2.35. The van der Waals surface area contributed by atoms with Crippen LogP contribution in [-0.4, -0.2) is 123 Å². The Balaban J connectivity index is 0.000000196. The Morgan fingerprint density at radius 2 is 1.22 bits per heavy atom. The van der Waals surface area contributed by atoms with Crippen LogP contribution in [0.5, 0.6) is 23.3 Å². The minimum atomic E-state index is -4.51. The highest BCUT2D eigenvalue weighted by Crippen LogP contribution is 2.38. The van der Waals surface area contributed by atoms with Crippen molar-refractivity contribution in [2.24, 2.45) is 0 Å². The lowest BCUT2D eigenvalue weighted by atomic mass is 10.1. The summed E-state index contributed by atoms with van der Waals surface area (Å²) in [4.78, 5) is 53.9. The second kappa shape index (κ2) is 21.8. The molecule has 73 heavy (non-hydrogen) atoms. The summed E-state index contributed by atoms with van der Waals surface area (Å²) in [6.07, 6.45) is -5.06. The van der Waals surface area contributed by atoms with Crippen LogP contribution in [0.3, 0.4) is 0 Å². The quantitative estimate of drug-likeness (QED) is 0.0936. The lowest BCUT2D eigenvalue weighted by molar-refractivity contribution is -0.141. The average Bonchev–Trinajstić information content (AvgIpc) is 3.74. The van der Waals surface area contributed by atoms with Crippen LogP contribution in [0, 0.1) is 0 Å². The normalized spacial score (nSPS) is 16.3. The zero-order valence-corrected chi connectivity index (χ0v) is 38.6. The number of fused-ring (bicyclic) bond motifs is 2. The van der Waals surface area contributed by atoms with Crippen LogP contribution in [0.15, 0.2) is 97.6 Å². The molecule has 0 radical (unpaired) electrons. The van der Waals surface area contributed by atoms with Gasteiger partial charge in [-0.25, -0.2) is 19.6 Å². The maximum atomic E-state index is 13.2. The van der Waals surface area contributed by atoms with Crippen molar-refractivity contribution in [2.75, 3.05) is 73.2 Å². The molecule has 0 aliphatic carbocycles. The average molecular weight is 1020 g/mol. The first kappa shape index (κ1) is 51.4. The van der Waals surface area contributed by atoms with Gasteiger partial charge in [0.05, 0.1) is 73.6 Å². The van der Waals surface area contributed by atoms with Gasteiger partial charge >= 0.3 is 24.4 Å².